The Balaban J connectivity index is 1.64. The van der Waals surface area contributed by atoms with Crippen molar-refractivity contribution in [2.75, 3.05) is 44.3 Å². The van der Waals surface area contributed by atoms with Crippen LogP contribution in [0.1, 0.15) is 15.9 Å². The van der Waals surface area contributed by atoms with E-state index in [9.17, 15) is 4.79 Å². The maximum atomic E-state index is 12.5. The molecule has 3 rings (SSSR count). The van der Waals surface area contributed by atoms with Crippen LogP contribution in [-0.4, -0.2) is 60.2 Å². The first-order valence-corrected chi connectivity index (χ1v) is 11.1. The monoisotopic (exact) mass is 444 g/mol. The van der Waals surface area contributed by atoms with Crippen LogP contribution in [0.5, 0.6) is 0 Å². The van der Waals surface area contributed by atoms with Crippen LogP contribution in [0, 0.1) is 0 Å². The number of carbonyl (C=O) groups is 1. The Morgan fingerprint density at radius 2 is 1.83 bits per heavy atom. The van der Waals surface area contributed by atoms with E-state index < -0.39 is 0 Å². The maximum Gasteiger partial charge on any atom is 0.254 e. The average molecular weight is 445 g/mol. The number of nitrogens with zero attached hydrogens (tertiary/aromatic N) is 4. The lowest BCUT2D eigenvalue weighted by molar-refractivity contribution is 0.0303. The van der Waals surface area contributed by atoms with Crippen molar-refractivity contribution < 1.29 is 9.53 Å². The van der Waals surface area contributed by atoms with Gasteiger partial charge in [-0.05, 0) is 17.7 Å². The summed E-state index contributed by atoms with van der Waals surface area (Å²) in [5.41, 5.74) is 1.77. The molecular weight excluding hydrogens is 420 g/mol. The molecule has 1 aromatic carbocycles. The molecule has 0 unspecified atom stereocenters. The van der Waals surface area contributed by atoms with Gasteiger partial charge in [-0.1, -0.05) is 47.6 Å². The van der Waals surface area contributed by atoms with Crippen LogP contribution in [0.3, 0.4) is 0 Å². The molecule has 1 aromatic heterocycles. The predicted octanol–water partition coefficient (Wildman–Crippen LogP) is 4.07. The van der Waals surface area contributed by atoms with E-state index >= 15 is 0 Å². The minimum Gasteiger partial charge on any atom is -0.378 e. The summed E-state index contributed by atoms with van der Waals surface area (Å²) in [5, 5.41) is 0.996. The number of hydrogen-bond donors (Lipinski definition) is 0. The molecular formula is C22H25ClN4O2S. The summed E-state index contributed by atoms with van der Waals surface area (Å²) < 4.78 is 5.31. The Morgan fingerprint density at radius 1 is 1.17 bits per heavy atom. The molecule has 6 nitrogen and oxygen atoms in total. The summed E-state index contributed by atoms with van der Waals surface area (Å²) in [6.07, 6.45) is 3.62. The molecule has 0 N–H and O–H groups in total. The van der Waals surface area contributed by atoms with Crippen LogP contribution in [-0.2, 0) is 10.5 Å². The van der Waals surface area contributed by atoms with E-state index in [1.807, 2.05) is 46.2 Å². The molecule has 1 amide bonds. The van der Waals surface area contributed by atoms with Gasteiger partial charge in [0.2, 0.25) is 0 Å². The molecule has 1 saturated heterocycles. The second-order valence-corrected chi connectivity index (χ2v) is 8.03. The van der Waals surface area contributed by atoms with Crippen molar-refractivity contribution in [3.05, 3.63) is 71.9 Å². The summed E-state index contributed by atoms with van der Waals surface area (Å²) in [6.45, 7) is 11.3. The zero-order chi connectivity index (χ0) is 21.3. The first-order valence-electron chi connectivity index (χ1n) is 9.71. The highest BCUT2D eigenvalue weighted by atomic mass is 35.5. The van der Waals surface area contributed by atoms with E-state index in [2.05, 4.69) is 23.1 Å². The number of anilines is 1. The lowest BCUT2D eigenvalue weighted by Crippen LogP contribution is -2.40. The van der Waals surface area contributed by atoms with Gasteiger partial charge in [0, 0.05) is 43.6 Å². The Bertz CT molecular complexity index is 875. The standard InChI is InChI=1S/C22H25ClN4O2S/c1-3-9-26(10-4-2)20-15-19(23)24-22(25-20)30-16-17-5-7-18(8-6-17)21(28)27-11-13-29-14-12-27/h3-8,15H,1-2,9-14,16H2. The van der Waals surface area contributed by atoms with Gasteiger partial charge >= 0.3 is 0 Å². The van der Waals surface area contributed by atoms with Gasteiger partial charge < -0.3 is 14.5 Å². The quantitative estimate of drug-likeness (QED) is 0.251. The third kappa shape index (κ3) is 6.08. The lowest BCUT2D eigenvalue weighted by atomic mass is 10.1. The number of halogens is 1. The van der Waals surface area contributed by atoms with Crippen molar-refractivity contribution in [3.8, 4) is 0 Å². The maximum absolute atomic E-state index is 12.5. The molecule has 30 heavy (non-hydrogen) atoms. The first kappa shape index (κ1) is 22.3. The highest BCUT2D eigenvalue weighted by molar-refractivity contribution is 7.98. The molecule has 0 saturated carbocycles. The topological polar surface area (TPSA) is 58.6 Å². The van der Waals surface area contributed by atoms with Gasteiger partial charge in [-0.25, -0.2) is 9.97 Å². The van der Waals surface area contributed by atoms with Crippen molar-refractivity contribution >= 4 is 35.1 Å². The van der Waals surface area contributed by atoms with Crippen LogP contribution >= 0.6 is 23.4 Å². The van der Waals surface area contributed by atoms with Gasteiger partial charge in [0.05, 0.1) is 13.2 Å². The molecule has 1 aliphatic heterocycles. The Hall–Kier alpha value is -2.35. The highest BCUT2D eigenvalue weighted by Crippen LogP contribution is 2.25. The second-order valence-electron chi connectivity index (χ2n) is 6.70. The lowest BCUT2D eigenvalue weighted by Gasteiger charge is -2.26. The summed E-state index contributed by atoms with van der Waals surface area (Å²) in [7, 11) is 0. The minimum absolute atomic E-state index is 0.0462. The van der Waals surface area contributed by atoms with E-state index in [0.29, 0.717) is 61.0 Å². The number of benzene rings is 1. The fourth-order valence-corrected chi connectivity index (χ4v) is 4.06. The predicted molar refractivity (Wildman–Crippen MR) is 122 cm³/mol. The molecule has 8 heteroatoms. The zero-order valence-electron chi connectivity index (χ0n) is 16.8. The number of hydrogen-bond acceptors (Lipinski definition) is 6. The minimum atomic E-state index is 0.0462. The number of morpholine rings is 1. The molecule has 1 aliphatic rings. The smallest absolute Gasteiger partial charge is 0.254 e. The largest absolute Gasteiger partial charge is 0.378 e. The molecule has 0 aliphatic carbocycles. The molecule has 0 bridgehead atoms. The molecule has 0 spiro atoms. The van der Waals surface area contributed by atoms with Crippen LogP contribution in [0.15, 0.2) is 60.8 Å². The van der Waals surface area contributed by atoms with E-state index in [1.165, 1.54) is 11.8 Å². The third-order valence-corrected chi connectivity index (χ3v) is 5.66. The van der Waals surface area contributed by atoms with Crippen LogP contribution < -0.4 is 4.90 Å². The Morgan fingerprint density at radius 3 is 2.47 bits per heavy atom. The number of thioether (sulfide) groups is 1. The Kier molecular flexibility index (Phi) is 8.30. The van der Waals surface area contributed by atoms with Crippen molar-refractivity contribution in [1.82, 2.24) is 14.9 Å². The van der Waals surface area contributed by atoms with Gasteiger partial charge in [0.1, 0.15) is 11.0 Å². The van der Waals surface area contributed by atoms with Crippen molar-refractivity contribution in [2.45, 2.75) is 10.9 Å². The third-order valence-electron chi connectivity index (χ3n) is 4.55. The van der Waals surface area contributed by atoms with Crippen molar-refractivity contribution in [3.63, 3.8) is 0 Å². The summed E-state index contributed by atoms with van der Waals surface area (Å²) in [5.74, 6) is 1.46. The molecule has 2 heterocycles. The van der Waals surface area contributed by atoms with Crippen molar-refractivity contribution in [2.24, 2.45) is 0 Å². The highest BCUT2D eigenvalue weighted by Gasteiger charge is 2.18. The number of aromatic nitrogens is 2. The van der Waals surface area contributed by atoms with E-state index in [-0.39, 0.29) is 5.91 Å². The van der Waals surface area contributed by atoms with Gasteiger partial charge in [-0.3, -0.25) is 4.79 Å². The van der Waals surface area contributed by atoms with Crippen molar-refractivity contribution in [1.29, 1.82) is 0 Å². The molecule has 0 atom stereocenters. The average Bonchev–Trinajstić information content (AvgIpc) is 2.77. The fourth-order valence-electron chi connectivity index (χ4n) is 3.03. The van der Waals surface area contributed by atoms with Gasteiger partial charge in [0.25, 0.3) is 5.91 Å². The van der Waals surface area contributed by atoms with E-state index in [1.54, 1.807) is 6.07 Å². The Labute approximate surface area is 186 Å². The number of carbonyl (C=O) groups excluding carboxylic acids is 1. The fraction of sp³-hybridized carbons (Fsp3) is 0.318. The number of amides is 1. The SMILES string of the molecule is C=CCN(CC=C)c1cc(Cl)nc(SCc2ccc(C(=O)N3CCOCC3)cc2)n1. The van der Waals surface area contributed by atoms with Crippen LogP contribution in [0.25, 0.3) is 0 Å². The zero-order valence-corrected chi connectivity index (χ0v) is 18.4. The number of ether oxygens (including phenoxy) is 1. The van der Waals surface area contributed by atoms with E-state index in [0.717, 1.165) is 11.4 Å². The van der Waals surface area contributed by atoms with Gasteiger partial charge in [-0.15, -0.1) is 13.2 Å². The van der Waals surface area contributed by atoms with Crippen LogP contribution in [0.2, 0.25) is 5.15 Å². The molecule has 1 fully saturated rings. The van der Waals surface area contributed by atoms with E-state index in [4.69, 9.17) is 16.3 Å². The second kappa shape index (κ2) is 11.2. The molecule has 2 aromatic rings. The van der Waals surface area contributed by atoms with Gasteiger partial charge in [-0.2, -0.15) is 0 Å². The number of rotatable bonds is 9. The first-order chi connectivity index (χ1) is 14.6. The summed E-state index contributed by atoms with van der Waals surface area (Å²) in [4.78, 5) is 25.3. The molecule has 0 radical (unpaired) electrons. The summed E-state index contributed by atoms with van der Waals surface area (Å²) >= 11 is 7.71. The van der Waals surface area contributed by atoms with Gasteiger partial charge in [0.15, 0.2) is 5.16 Å². The molecule has 158 valence electrons. The summed E-state index contributed by atoms with van der Waals surface area (Å²) in [6, 6.07) is 9.41. The van der Waals surface area contributed by atoms with Crippen LogP contribution in [0.4, 0.5) is 5.82 Å². The normalized spacial score (nSPS) is 13.7.